The lowest BCUT2D eigenvalue weighted by Gasteiger charge is -2.06. The summed E-state index contributed by atoms with van der Waals surface area (Å²) < 4.78 is 20.5. The second kappa shape index (κ2) is 10.4. The van der Waals surface area contributed by atoms with Crippen LogP contribution in [0.15, 0.2) is 11.6 Å². The topological polar surface area (TPSA) is 64.6 Å². The van der Waals surface area contributed by atoms with Crippen LogP contribution in [0.1, 0.15) is 26.7 Å². The predicted octanol–water partition coefficient (Wildman–Crippen LogP) is 2.58. The van der Waals surface area contributed by atoms with Crippen LogP contribution in [0, 0.1) is 0 Å². The average Bonchev–Trinajstić information content (AvgIpc) is 2.33. The zero-order chi connectivity index (χ0) is 13.1. The molecule has 0 aliphatic carbocycles. The molecule has 0 aromatic rings. The lowest BCUT2D eigenvalue weighted by Crippen LogP contribution is -2.27. The van der Waals surface area contributed by atoms with E-state index in [0.717, 1.165) is 18.4 Å². The van der Waals surface area contributed by atoms with Gasteiger partial charge in [0.25, 0.3) is 0 Å². The number of hydrogen-bond acceptors (Lipinski definition) is 4. The smallest absolute Gasteiger partial charge is 0.407 e. The van der Waals surface area contributed by atoms with Crippen LogP contribution in [0.5, 0.6) is 0 Å². The van der Waals surface area contributed by atoms with Gasteiger partial charge in [0.05, 0.1) is 0 Å². The number of carbonyl (C=O) groups excluding carboxylic acids is 1. The Morgan fingerprint density at radius 3 is 2.76 bits per heavy atom. The number of carbonyl (C=O) groups is 1. The van der Waals surface area contributed by atoms with E-state index < -0.39 is 14.1 Å². The lowest BCUT2D eigenvalue weighted by atomic mass is 10.2. The first-order valence-electron chi connectivity index (χ1n) is 5.73. The quantitative estimate of drug-likeness (QED) is 0.540. The lowest BCUT2D eigenvalue weighted by molar-refractivity contribution is 0.156. The molecular weight excluding hydrogens is 241 g/mol. The number of rotatable bonds is 8. The van der Waals surface area contributed by atoms with Crippen molar-refractivity contribution in [2.45, 2.75) is 26.7 Å². The normalized spacial score (nSPS) is 13.2. The monoisotopic (exact) mass is 263 g/mol. The van der Waals surface area contributed by atoms with Gasteiger partial charge in [-0.2, -0.15) is 0 Å². The molecule has 0 aromatic carbocycles. The highest BCUT2D eigenvalue weighted by molar-refractivity contribution is 7.39. The van der Waals surface area contributed by atoms with Gasteiger partial charge in [0, 0.05) is 19.8 Å². The molecule has 1 unspecified atom stereocenters. The van der Waals surface area contributed by atoms with Crippen LogP contribution in [0.25, 0.3) is 0 Å². The van der Waals surface area contributed by atoms with Crippen molar-refractivity contribution in [2.75, 3.05) is 26.4 Å². The van der Waals surface area contributed by atoms with E-state index in [0.29, 0.717) is 19.3 Å². The molecule has 0 bridgehead atoms. The predicted molar refractivity (Wildman–Crippen MR) is 68.9 cm³/mol. The van der Waals surface area contributed by atoms with E-state index >= 15 is 0 Å². The number of amides is 1. The molecule has 6 heteroatoms. The molecule has 0 heterocycles. The van der Waals surface area contributed by atoms with Crippen molar-refractivity contribution < 1.29 is 18.6 Å². The number of allylic oxidation sites excluding steroid dienone is 1. The van der Waals surface area contributed by atoms with E-state index in [1.807, 2.05) is 6.92 Å². The van der Waals surface area contributed by atoms with Crippen molar-refractivity contribution in [2.24, 2.45) is 0 Å². The Morgan fingerprint density at radius 2 is 2.18 bits per heavy atom. The summed E-state index contributed by atoms with van der Waals surface area (Å²) in [5.74, 6) is 0. The molecule has 0 saturated carbocycles. The van der Waals surface area contributed by atoms with Crippen molar-refractivity contribution in [1.29, 1.82) is 0 Å². The minimum absolute atomic E-state index is 0.297. The van der Waals surface area contributed by atoms with Gasteiger partial charge in [-0.3, -0.25) is 4.57 Å². The Bertz CT molecular complexity index is 279. The molecule has 0 spiro atoms. The van der Waals surface area contributed by atoms with Crippen LogP contribution in [0.2, 0.25) is 0 Å². The maximum Gasteiger partial charge on any atom is 0.407 e. The zero-order valence-corrected chi connectivity index (χ0v) is 11.7. The number of unbranched alkanes of at least 4 members (excludes halogenated alkanes) is 1. The van der Waals surface area contributed by atoms with E-state index in [9.17, 15) is 9.36 Å². The van der Waals surface area contributed by atoms with Gasteiger partial charge in [-0.15, -0.1) is 0 Å². The molecule has 0 aromatic heterocycles. The largest absolute Gasteiger partial charge is 0.445 e. The fourth-order valence-corrected chi connectivity index (χ4v) is 1.58. The van der Waals surface area contributed by atoms with Gasteiger partial charge >= 0.3 is 6.09 Å². The van der Waals surface area contributed by atoms with Gasteiger partial charge < -0.3 is 14.6 Å². The molecule has 1 N–H and O–H groups in total. The Morgan fingerprint density at radius 1 is 1.47 bits per heavy atom. The van der Waals surface area contributed by atoms with E-state index in [1.54, 1.807) is 0 Å². The summed E-state index contributed by atoms with van der Waals surface area (Å²) in [6.07, 6.45) is 3.97. The summed E-state index contributed by atoms with van der Waals surface area (Å²) >= 11 is 0. The molecule has 1 amide bonds. The van der Waals surface area contributed by atoms with Gasteiger partial charge in [-0.25, -0.2) is 4.79 Å². The first-order chi connectivity index (χ1) is 8.10. The van der Waals surface area contributed by atoms with Crippen molar-refractivity contribution >= 4 is 14.1 Å². The molecule has 1 atom stereocenters. The molecule has 0 rings (SSSR count). The average molecular weight is 263 g/mol. The first kappa shape index (κ1) is 16.2. The van der Waals surface area contributed by atoms with Crippen molar-refractivity contribution in [1.82, 2.24) is 5.32 Å². The highest BCUT2D eigenvalue weighted by Crippen LogP contribution is 2.17. The third kappa shape index (κ3) is 10.1. The molecule has 0 aliphatic heterocycles. The summed E-state index contributed by atoms with van der Waals surface area (Å²) in [5, 5.41) is 2.52. The van der Waals surface area contributed by atoms with Crippen molar-refractivity contribution in [3.05, 3.63) is 11.6 Å². The molecule has 0 aliphatic rings. The SMILES string of the molecule is CCC/C=C(\C)COC(=O)NCC[PH](=O)OC. The highest BCUT2D eigenvalue weighted by atomic mass is 31.1. The summed E-state index contributed by atoms with van der Waals surface area (Å²) in [7, 11) is -0.608. The Hall–Kier alpha value is -0.800. The molecule has 0 fully saturated rings. The van der Waals surface area contributed by atoms with E-state index in [4.69, 9.17) is 4.74 Å². The van der Waals surface area contributed by atoms with Crippen LogP contribution in [-0.2, 0) is 13.8 Å². The van der Waals surface area contributed by atoms with Crippen LogP contribution in [-0.4, -0.2) is 32.5 Å². The maximum absolute atomic E-state index is 11.2. The Balaban J connectivity index is 3.62. The van der Waals surface area contributed by atoms with Gasteiger partial charge in [0.15, 0.2) is 8.03 Å². The minimum atomic E-state index is -2.00. The third-order valence-electron chi connectivity index (χ3n) is 2.04. The van der Waals surface area contributed by atoms with Crippen molar-refractivity contribution in [3.63, 3.8) is 0 Å². The Kier molecular flexibility index (Phi) is 9.87. The fourth-order valence-electron chi connectivity index (χ4n) is 1.05. The van der Waals surface area contributed by atoms with Gasteiger partial charge in [-0.05, 0) is 18.9 Å². The van der Waals surface area contributed by atoms with E-state index in [1.165, 1.54) is 7.11 Å². The van der Waals surface area contributed by atoms with Crippen molar-refractivity contribution in [3.8, 4) is 0 Å². The third-order valence-corrected chi connectivity index (χ3v) is 3.15. The number of ether oxygens (including phenoxy) is 1. The molecule has 0 saturated heterocycles. The summed E-state index contributed by atoms with van der Waals surface area (Å²) in [6, 6.07) is 0. The maximum atomic E-state index is 11.2. The second-order valence-corrected chi connectivity index (χ2v) is 5.32. The number of alkyl carbamates (subject to hydrolysis) is 1. The second-order valence-electron chi connectivity index (χ2n) is 3.67. The number of nitrogens with one attached hydrogen (secondary N) is 1. The summed E-state index contributed by atoms with van der Waals surface area (Å²) in [6.45, 7) is 4.62. The highest BCUT2D eigenvalue weighted by Gasteiger charge is 2.03. The zero-order valence-electron chi connectivity index (χ0n) is 10.7. The Labute approximate surface area is 103 Å². The van der Waals surface area contributed by atoms with Crippen LogP contribution in [0.4, 0.5) is 4.79 Å². The van der Waals surface area contributed by atoms with Crippen LogP contribution >= 0.6 is 8.03 Å². The van der Waals surface area contributed by atoms with E-state index in [2.05, 4.69) is 22.8 Å². The van der Waals surface area contributed by atoms with Gasteiger partial charge in [0.1, 0.15) is 6.61 Å². The first-order valence-corrected chi connectivity index (χ1v) is 7.25. The van der Waals surface area contributed by atoms with Gasteiger partial charge in [0.2, 0.25) is 0 Å². The molecule has 17 heavy (non-hydrogen) atoms. The number of hydrogen-bond donors (Lipinski definition) is 1. The fraction of sp³-hybridized carbons (Fsp3) is 0.727. The summed E-state index contributed by atoms with van der Waals surface area (Å²) in [5.41, 5.74) is 1.03. The van der Waals surface area contributed by atoms with Gasteiger partial charge in [-0.1, -0.05) is 19.4 Å². The van der Waals surface area contributed by atoms with Crippen LogP contribution < -0.4 is 5.32 Å². The van der Waals surface area contributed by atoms with Crippen LogP contribution in [0.3, 0.4) is 0 Å². The standard InChI is InChI=1S/C11H22NO4P/c1-4-5-6-10(2)9-16-11(13)12-7-8-17(14)15-3/h6,17H,4-5,7-9H2,1-3H3,(H,12,13)/b10-6+. The molecule has 5 nitrogen and oxygen atoms in total. The summed E-state index contributed by atoms with van der Waals surface area (Å²) in [4.78, 5) is 11.2. The molecule has 0 radical (unpaired) electrons. The molecule has 100 valence electrons. The molecular formula is C11H22NO4P. The minimum Gasteiger partial charge on any atom is -0.445 e. The van der Waals surface area contributed by atoms with E-state index in [-0.39, 0.29) is 0 Å².